The van der Waals surface area contributed by atoms with Gasteiger partial charge in [0, 0.05) is 50.7 Å². The van der Waals surface area contributed by atoms with Crippen molar-refractivity contribution in [2.75, 3.05) is 26.2 Å². The van der Waals surface area contributed by atoms with Crippen molar-refractivity contribution in [3.63, 3.8) is 0 Å². The summed E-state index contributed by atoms with van der Waals surface area (Å²) in [6.45, 7) is 4.91. The van der Waals surface area contributed by atoms with Crippen LogP contribution in [0.4, 0.5) is 0 Å². The van der Waals surface area contributed by atoms with Gasteiger partial charge in [0.05, 0.1) is 0 Å². The summed E-state index contributed by atoms with van der Waals surface area (Å²) in [6.07, 6.45) is 7.90. The van der Waals surface area contributed by atoms with Crippen molar-refractivity contribution in [3.8, 4) is 0 Å². The Hall–Kier alpha value is -2.76. The molecule has 0 bridgehead atoms. The molecule has 6 heteroatoms. The van der Waals surface area contributed by atoms with Crippen molar-refractivity contribution in [3.05, 3.63) is 59.7 Å². The van der Waals surface area contributed by atoms with E-state index in [1.54, 1.807) is 12.3 Å². The Morgan fingerprint density at radius 1 is 1.14 bits per heavy atom. The number of amides is 2. The third-order valence-corrected chi connectivity index (χ3v) is 6.36. The number of aromatic nitrogens is 2. The fourth-order valence-corrected chi connectivity index (χ4v) is 4.53. The van der Waals surface area contributed by atoms with Crippen LogP contribution >= 0.6 is 0 Å². The molecule has 0 saturated carbocycles. The van der Waals surface area contributed by atoms with Crippen molar-refractivity contribution in [2.45, 2.75) is 39.0 Å². The van der Waals surface area contributed by atoms with Crippen molar-refractivity contribution in [1.82, 2.24) is 19.8 Å². The van der Waals surface area contributed by atoms with Crippen LogP contribution < -0.4 is 0 Å². The third kappa shape index (κ3) is 4.47. The van der Waals surface area contributed by atoms with Crippen molar-refractivity contribution >= 4 is 11.8 Å². The number of piperidine rings is 2. The van der Waals surface area contributed by atoms with E-state index >= 15 is 0 Å². The first-order chi connectivity index (χ1) is 14.0. The molecular weight excluding hydrogens is 364 g/mol. The third-order valence-electron chi connectivity index (χ3n) is 6.36. The quantitative estimate of drug-likeness (QED) is 0.802. The summed E-state index contributed by atoms with van der Waals surface area (Å²) in [5.74, 6) is 0.269. The van der Waals surface area contributed by atoms with Crippen LogP contribution in [0.25, 0.3) is 0 Å². The van der Waals surface area contributed by atoms with E-state index in [0.29, 0.717) is 12.1 Å². The van der Waals surface area contributed by atoms with Crippen molar-refractivity contribution in [2.24, 2.45) is 5.41 Å². The van der Waals surface area contributed by atoms with Gasteiger partial charge in [0.1, 0.15) is 5.69 Å². The van der Waals surface area contributed by atoms with E-state index in [4.69, 9.17) is 0 Å². The molecule has 1 spiro atoms. The predicted octanol–water partition coefficient (Wildman–Crippen LogP) is 2.87. The highest BCUT2D eigenvalue weighted by molar-refractivity contribution is 5.92. The van der Waals surface area contributed by atoms with Crippen LogP contribution in [-0.4, -0.2) is 57.8 Å². The van der Waals surface area contributed by atoms with E-state index in [2.05, 4.69) is 16.0 Å². The number of aryl methyl sites for hydroxylation is 1. The maximum Gasteiger partial charge on any atom is 0.272 e. The minimum Gasteiger partial charge on any atom is -0.342 e. The van der Waals surface area contributed by atoms with Crippen molar-refractivity contribution < 1.29 is 9.59 Å². The number of hydrogen-bond donors (Lipinski definition) is 0. The molecule has 0 unspecified atom stereocenters. The summed E-state index contributed by atoms with van der Waals surface area (Å²) in [5, 5.41) is 0. The zero-order valence-electron chi connectivity index (χ0n) is 17.0. The number of likely N-dealkylation sites (tertiary alicyclic amines) is 2. The van der Waals surface area contributed by atoms with Gasteiger partial charge in [-0.3, -0.25) is 14.6 Å². The summed E-state index contributed by atoms with van der Waals surface area (Å²) in [5.41, 5.74) is 2.68. The second kappa shape index (κ2) is 8.31. The molecule has 2 aliphatic heterocycles. The van der Waals surface area contributed by atoms with Crippen LogP contribution in [0.1, 0.15) is 47.4 Å². The van der Waals surface area contributed by atoms with Crippen LogP contribution in [0.2, 0.25) is 0 Å². The topological polar surface area (TPSA) is 66.4 Å². The highest BCUT2D eigenvalue weighted by Crippen LogP contribution is 2.40. The Morgan fingerprint density at radius 3 is 2.69 bits per heavy atom. The normalized spacial score (nSPS) is 18.9. The summed E-state index contributed by atoms with van der Waals surface area (Å²) < 4.78 is 0. The van der Waals surface area contributed by atoms with Gasteiger partial charge in [-0.2, -0.15) is 0 Å². The maximum atomic E-state index is 12.8. The fourth-order valence-electron chi connectivity index (χ4n) is 4.53. The molecule has 0 N–H and O–H groups in total. The van der Waals surface area contributed by atoms with E-state index in [1.807, 2.05) is 41.1 Å². The van der Waals surface area contributed by atoms with Gasteiger partial charge in [0.2, 0.25) is 5.91 Å². The Bertz CT molecular complexity index is 875. The molecule has 0 aromatic carbocycles. The Morgan fingerprint density at radius 2 is 1.97 bits per heavy atom. The molecule has 2 fully saturated rings. The number of hydrogen-bond acceptors (Lipinski definition) is 4. The summed E-state index contributed by atoms with van der Waals surface area (Å²) in [7, 11) is 0. The first-order valence-corrected chi connectivity index (χ1v) is 10.4. The summed E-state index contributed by atoms with van der Waals surface area (Å²) in [4.78, 5) is 37.7. The molecule has 29 heavy (non-hydrogen) atoms. The Kier molecular flexibility index (Phi) is 5.60. The minimum absolute atomic E-state index is 0.0175. The van der Waals surface area contributed by atoms with E-state index in [0.717, 1.165) is 63.1 Å². The largest absolute Gasteiger partial charge is 0.342 e. The van der Waals surface area contributed by atoms with E-state index in [1.165, 1.54) is 0 Å². The van der Waals surface area contributed by atoms with Crippen LogP contribution in [0.5, 0.6) is 0 Å². The maximum absolute atomic E-state index is 12.8. The second-order valence-electron chi connectivity index (χ2n) is 8.38. The lowest BCUT2D eigenvalue weighted by Crippen LogP contribution is -2.52. The molecule has 2 aromatic rings. The molecule has 6 nitrogen and oxygen atoms in total. The highest BCUT2D eigenvalue weighted by atomic mass is 16.2. The molecular formula is C23H28N4O2. The van der Waals surface area contributed by atoms with E-state index in [-0.39, 0.29) is 17.2 Å². The van der Waals surface area contributed by atoms with Gasteiger partial charge >= 0.3 is 0 Å². The second-order valence-corrected chi connectivity index (χ2v) is 8.38. The standard InChI is InChI=1S/C23H28N4O2/c1-18-4-2-6-20(25-18)22(29)26-14-10-23(11-15-26)9-7-21(28)27(17-23)13-8-19-5-3-12-24-16-19/h2-6,12,16H,7-11,13-15,17H2,1H3. The Balaban J connectivity index is 1.36. The van der Waals surface area contributed by atoms with Gasteiger partial charge in [0.15, 0.2) is 0 Å². The van der Waals surface area contributed by atoms with Gasteiger partial charge in [-0.15, -0.1) is 0 Å². The van der Waals surface area contributed by atoms with Gasteiger partial charge in [-0.1, -0.05) is 12.1 Å². The molecule has 152 valence electrons. The lowest BCUT2D eigenvalue weighted by Gasteiger charge is -2.47. The zero-order chi connectivity index (χ0) is 20.3. The van der Waals surface area contributed by atoms with Crippen LogP contribution in [0, 0.1) is 12.3 Å². The fraction of sp³-hybridized carbons (Fsp3) is 0.478. The zero-order valence-corrected chi connectivity index (χ0v) is 17.0. The first kappa shape index (κ1) is 19.6. The minimum atomic E-state index is 0.0175. The summed E-state index contributed by atoms with van der Waals surface area (Å²) in [6, 6.07) is 9.57. The van der Waals surface area contributed by atoms with E-state index in [9.17, 15) is 9.59 Å². The molecule has 2 amide bonds. The monoisotopic (exact) mass is 392 g/mol. The van der Waals surface area contributed by atoms with Gasteiger partial charge < -0.3 is 9.80 Å². The molecule has 2 aliphatic rings. The Labute approximate surface area is 172 Å². The molecule has 0 atom stereocenters. The molecule has 2 saturated heterocycles. The van der Waals surface area contributed by atoms with Crippen LogP contribution in [0.15, 0.2) is 42.7 Å². The average Bonchev–Trinajstić information content (AvgIpc) is 2.75. The average molecular weight is 393 g/mol. The van der Waals surface area contributed by atoms with Crippen molar-refractivity contribution in [1.29, 1.82) is 0 Å². The lowest BCUT2D eigenvalue weighted by atomic mass is 9.72. The molecule has 0 aliphatic carbocycles. The number of rotatable bonds is 4. The van der Waals surface area contributed by atoms with Gasteiger partial charge in [-0.25, -0.2) is 4.98 Å². The molecule has 2 aromatic heterocycles. The molecule has 4 rings (SSSR count). The smallest absolute Gasteiger partial charge is 0.272 e. The predicted molar refractivity (Wildman–Crippen MR) is 110 cm³/mol. The van der Waals surface area contributed by atoms with Gasteiger partial charge in [0.25, 0.3) is 5.91 Å². The number of carbonyl (C=O) groups is 2. The SMILES string of the molecule is Cc1cccc(C(=O)N2CCC3(CCC(=O)N(CCc4cccnc4)C3)CC2)n1. The van der Waals surface area contributed by atoms with Gasteiger partial charge in [-0.05, 0) is 61.8 Å². The van der Waals surface area contributed by atoms with Crippen LogP contribution in [0.3, 0.4) is 0 Å². The van der Waals surface area contributed by atoms with Crippen LogP contribution in [-0.2, 0) is 11.2 Å². The lowest BCUT2D eigenvalue weighted by molar-refractivity contribution is -0.138. The first-order valence-electron chi connectivity index (χ1n) is 10.4. The molecule has 4 heterocycles. The highest BCUT2D eigenvalue weighted by Gasteiger charge is 2.41. The number of carbonyl (C=O) groups excluding carboxylic acids is 2. The number of nitrogens with zero attached hydrogens (tertiary/aromatic N) is 4. The molecule has 0 radical (unpaired) electrons. The number of pyridine rings is 2. The van der Waals surface area contributed by atoms with E-state index < -0.39 is 0 Å². The summed E-state index contributed by atoms with van der Waals surface area (Å²) >= 11 is 0.